The highest BCUT2D eigenvalue weighted by Crippen LogP contribution is 2.26. The molecule has 104 valence electrons. The molecule has 0 saturated heterocycles. The first kappa shape index (κ1) is 14.1. The second-order valence-corrected chi connectivity index (χ2v) is 4.97. The molecule has 0 unspecified atom stereocenters. The molecule has 0 aliphatic carbocycles. The summed E-state index contributed by atoms with van der Waals surface area (Å²) in [5, 5.41) is 13.5. The first-order valence-corrected chi connectivity index (χ1v) is 6.68. The Morgan fingerprint density at radius 2 is 2.05 bits per heavy atom. The average molecular weight is 291 g/mol. The van der Waals surface area contributed by atoms with Crippen LogP contribution in [0.25, 0.3) is 0 Å². The molecule has 0 atom stereocenters. The van der Waals surface area contributed by atoms with Gasteiger partial charge in [0.15, 0.2) is 0 Å². The van der Waals surface area contributed by atoms with Gasteiger partial charge in [-0.1, -0.05) is 6.07 Å². The maximum atomic E-state index is 12.2. The van der Waals surface area contributed by atoms with Crippen LogP contribution in [-0.4, -0.2) is 24.1 Å². The SMILES string of the molecule is COc1ccsc1C(=O)Nc1cccc(C(=O)O)c1C. The minimum atomic E-state index is -1.02. The number of carboxylic acids is 1. The van der Waals surface area contributed by atoms with Gasteiger partial charge in [-0.3, -0.25) is 4.79 Å². The molecule has 2 aromatic rings. The van der Waals surface area contributed by atoms with E-state index in [0.29, 0.717) is 21.9 Å². The van der Waals surface area contributed by atoms with Crippen molar-refractivity contribution in [1.29, 1.82) is 0 Å². The number of benzene rings is 1. The van der Waals surface area contributed by atoms with E-state index in [1.807, 2.05) is 0 Å². The van der Waals surface area contributed by atoms with Crippen molar-refractivity contribution in [1.82, 2.24) is 0 Å². The molecule has 0 fully saturated rings. The van der Waals surface area contributed by atoms with E-state index in [-0.39, 0.29) is 11.5 Å². The molecule has 6 heteroatoms. The van der Waals surface area contributed by atoms with Gasteiger partial charge in [-0.15, -0.1) is 11.3 Å². The minimum Gasteiger partial charge on any atom is -0.495 e. The van der Waals surface area contributed by atoms with E-state index in [1.165, 1.54) is 24.5 Å². The van der Waals surface area contributed by atoms with Crippen molar-refractivity contribution >= 4 is 28.9 Å². The number of carboxylic acid groups (broad SMARTS) is 1. The molecule has 1 heterocycles. The van der Waals surface area contributed by atoms with Crippen molar-refractivity contribution in [2.24, 2.45) is 0 Å². The molecule has 0 aliphatic rings. The number of aromatic carboxylic acids is 1. The minimum absolute atomic E-state index is 0.168. The number of thiophene rings is 1. The number of amides is 1. The standard InChI is InChI=1S/C14H13NO4S/c1-8-9(14(17)18)4-3-5-10(8)15-13(16)12-11(19-2)6-7-20-12/h3-7H,1-2H3,(H,15,16)(H,17,18). The molecule has 1 aromatic carbocycles. The zero-order chi connectivity index (χ0) is 14.7. The van der Waals surface area contributed by atoms with Crippen molar-refractivity contribution in [3.63, 3.8) is 0 Å². The van der Waals surface area contributed by atoms with Crippen LogP contribution < -0.4 is 10.1 Å². The summed E-state index contributed by atoms with van der Waals surface area (Å²) in [4.78, 5) is 23.7. The van der Waals surface area contributed by atoms with Crippen molar-refractivity contribution in [3.05, 3.63) is 45.6 Å². The van der Waals surface area contributed by atoms with E-state index in [0.717, 1.165) is 0 Å². The predicted octanol–water partition coefficient (Wildman–Crippen LogP) is 3.02. The second-order valence-electron chi connectivity index (χ2n) is 4.06. The lowest BCUT2D eigenvalue weighted by molar-refractivity contribution is 0.0695. The van der Waals surface area contributed by atoms with Gasteiger partial charge in [0.25, 0.3) is 5.91 Å². The number of carbonyl (C=O) groups excluding carboxylic acids is 1. The highest BCUT2D eigenvalue weighted by atomic mass is 32.1. The van der Waals surface area contributed by atoms with Gasteiger partial charge in [0.05, 0.1) is 12.7 Å². The second kappa shape index (κ2) is 5.75. The van der Waals surface area contributed by atoms with E-state index in [2.05, 4.69) is 5.32 Å². The average Bonchev–Trinajstić information content (AvgIpc) is 2.89. The van der Waals surface area contributed by atoms with Crippen molar-refractivity contribution < 1.29 is 19.4 Å². The summed E-state index contributed by atoms with van der Waals surface area (Å²) < 4.78 is 5.09. The van der Waals surface area contributed by atoms with E-state index in [9.17, 15) is 9.59 Å². The fourth-order valence-corrected chi connectivity index (χ4v) is 2.56. The number of hydrogen-bond donors (Lipinski definition) is 2. The van der Waals surface area contributed by atoms with E-state index in [1.54, 1.807) is 30.5 Å². The van der Waals surface area contributed by atoms with Crippen molar-refractivity contribution in [2.75, 3.05) is 12.4 Å². The third kappa shape index (κ3) is 2.65. The Balaban J connectivity index is 2.29. The Bertz CT molecular complexity index is 663. The fraction of sp³-hybridized carbons (Fsp3) is 0.143. The Morgan fingerprint density at radius 1 is 1.30 bits per heavy atom. The largest absolute Gasteiger partial charge is 0.495 e. The molecule has 2 rings (SSSR count). The number of carbonyl (C=O) groups is 2. The summed E-state index contributed by atoms with van der Waals surface area (Å²) in [6.45, 7) is 1.66. The number of ether oxygens (including phenoxy) is 1. The number of hydrogen-bond acceptors (Lipinski definition) is 4. The number of methoxy groups -OCH3 is 1. The van der Waals surface area contributed by atoms with Gasteiger partial charge in [-0.25, -0.2) is 4.79 Å². The zero-order valence-electron chi connectivity index (χ0n) is 11.0. The van der Waals surface area contributed by atoms with Crippen LogP contribution in [0.4, 0.5) is 5.69 Å². The topological polar surface area (TPSA) is 75.6 Å². The van der Waals surface area contributed by atoms with Crippen LogP contribution in [0.2, 0.25) is 0 Å². The van der Waals surface area contributed by atoms with Gasteiger partial charge in [-0.05, 0) is 36.1 Å². The number of nitrogens with one attached hydrogen (secondary N) is 1. The number of rotatable bonds is 4. The lowest BCUT2D eigenvalue weighted by Crippen LogP contribution is -2.13. The molecule has 0 radical (unpaired) electrons. The van der Waals surface area contributed by atoms with Crippen LogP contribution in [0, 0.1) is 6.92 Å². The van der Waals surface area contributed by atoms with Gasteiger partial charge in [0.1, 0.15) is 10.6 Å². The molecule has 1 aromatic heterocycles. The van der Waals surface area contributed by atoms with E-state index >= 15 is 0 Å². The maximum absolute atomic E-state index is 12.2. The van der Waals surface area contributed by atoms with Crippen LogP contribution in [0.3, 0.4) is 0 Å². The van der Waals surface area contributed by atoms with Gasteiger partial charge < -0.3 is 15.2 Å². The Labute approximate surface area is 119 Å². The van der Waals surface area contributed by atoms with Crippen LogP contribution in [-0.2, 0) is 0 Å². The lowest BCUT2D eigenvalue weighted by Gasteiger charge is -2.10. The monoisotopic (exact) mass is 291 g/mol. The normalized spacial score (nSPS) is 10.1. The molecular formula is C14H13NO4S. The predicted molar refractivity (Wildman–Crippen MR) is 77.0 cm³/mol. The van der Waals surface area contributed by atoms with Gasteiger partial charge in [0.2, 0.25) is 0 Å². The summed E-state index contributed by atoms with van der Waals surface area (Å²) in [6, 6.07) is 6.47. The summed E-state index contributed by atoms with van der Waals surface area (Å²) in [7, 11) is 1.50. The lowest BCUT2D eigenvalue weighted by atomic mass is 10.1. The summed E-state index contributed by atoms with van der Waals surface area (Å²) >= 11 is 1.26. The first-order valence-electron chi connectivity index (χ1n) is 5.80. The number of anilines is 1. The molecule has 0 bridgehead atoms. The van der Waals surface area contributed by atoms with Crippen LogP contribution in [0.5, 0.6) is 5.75 Å². The summed E-state index contributed by atoms with van der Waals surface area (Å²) in [5.74, 6) is -0.839. The first-order chi connectivity index (χ1) is 9.54. The molecule has 0 spiro atoms. The summed E-state index contributed by atoms with van der Waals surface area (Å²) in [6.07, 6.45) is 0. The Morgan fingerprint density at radius 3 is 2.70 bits per heavy atom. The maximum Gasteiger partial charge on any atom is 0.336 e. The van der Waals surface area contributed by atoms with Crippen LogP contribution in [0.15, 0.2) is 29.6 Å². The fourth-order valence-electron chi connectivity index (χ4n) is 1.81. The molecule has 1 amide bonds. The molecule has 20 heavy (non-hydrogen) atoms. The van der Waals surface area contributed by atoms with Crippen molar-refractivity contribution in [3.8, 4) is 5.75 Å². The Kier molecular flexibility index (Phi) is 4.05. The van der Waals surface area contributed by atoms with Gasteiger partial charge in [-0.2, -0.15) is 0 Å². The smallest absolute Gasteiger partial charge is 0.336 e. The highest BCUT2D eigenvalue weighted by molar-refractivity contribution is 7.12. The molecule has 5 nitrogen and oxygen atoms in total. The van der Waals surface area contributed by atoms with Gasteiger partial charge >= 0.3 is 5.97 Å². The quantitative estimate of drug-likeness (QED) is 0.908. The Hall–Kier alpha value is -2.34. The van der Waals surface area contributed by atoms with Gasteiger partial charge in [0, 0.05) is 5.69 Å². The van der Waals surface area contributed by atoms with E-state index in [4.69, 9.17) is 9.84 Å². The molecule has 2 N–H and O–H groups in total. The van der Waals surface area contributed by atoms with Crippen LogP contribution >= 0.6 is 11.3 Å². The third-order valence-electron chi connectivity index (χ3n) is 2.87. The molecule has 0 aliphatic heterocycles. The van der Waals surface area contributed by atoms with E-state index < -0.39 is 5.97 Å². The third-order valence-corrected chi connectivity index (χ3v) is 3.76. The van der Waals surface area contributed by atoms with Crippen molar-refractivity contribution in [2.45, 2.75) is 6.92 Å². The highest BCUT2D eigenvalue weighted by Gasteiger charge is 2.16. The van der Waals surface area contributed by atoms with Crippen LogP contribution in [0.1, 0.15) is 25.6 Å². The summed E-state index contributed by atoms with van der Waals surface area (Å²) in [5.41, 5.74) is 1.16. The zero-order valence-corrected chi connectivity index (χ0v) is 11.8. The molecular weight excluding hydrogens is 278 g/mol. The molecule has 0 saturated carbocycles.